The van der Waals surface area contributed by atoms with Crippen molar-refractivity contribution in [3.8, 4) is 0 Å². The summed E-state index contributed by atoms with van der Waals surface area (Å²) in [7, 11) is 0. The van der Waals surface area contributed by atoms with Gasteiger partial charge in [-0.15, -0.1) is 0 Å². The molecule has 1 heterocycles. The van der Waals surface area contributed by atoms with Crippen LogP contribution in [-0.4, -0.2) is 10.9 Å². The molecule has 3 saturated carbocycles. The van der Waals surface area contributed by atoms with Gasteiger partial charge in [0.2, 0.25) is 5.91 Å². The van der Waals surface area contributed by atoms with Crippen LogP contribution in [0.5, 0.6) is 0 Å². The van der Waals surface area contributed by atoms with Gasteiger partial charge < -0.3 is 11.1 Å². The maximum Gasteiger partial charge on any atom is 0.229 e. The number of carbonyl (C=O) groups is 1. The van der Waals surface area contributed by atoms with Gasteiger partial charge in [0.25, 0.3) is 0 Å². The molecule has 3 aliphatic carbocycles. The zero-order valence-electron chi connectivity index (χ0n) is 11.1. The topological polar surface area (TPSA) is 68.0 Å². The zero-order chi connectivity index (χ0) is 13.1. The van der Waals surface area contributed by atoms with E-state index in [-0.39, 0.29) is 11.8 Å². The van der Waals surface area contributed by atoms with E-state index in [1.807, 2.05) is 13.0 Å². The summed E-state index contributed by atoms with van der Waals surface area (Å²) < 4.78 is 0. The van der Waals surface area contributed by atoms with Gasteiger partial charge in [-0.2, -0.15) is 0 Å². The van der Waals surface area contributed by atoms with Crippen molar-refractivity contribution < 1.29 is 4.79 Å². The van der Waals surface area contributed by atoms with Crippen molar-refractivity contribution in [2.24, 2.45) is 29.6 Å². The molecule has 4 nitrogen and oxygen atoms in total. The molecule has 0 saturated heterocycles. The van der Waals surface area contributed by atoms with Gasteiger partial charge in [0.1, 0.15) is 5.82 Å². The predicted molar refractivity (Wildman–Crippen MR) is 73.3 cm³/mol. The number of hydrogen-bond acceptors (Lipinski definition) is 3. The van der Waals surface area contributed by atoms with Crippen LogP contribution in [0.15, 0.2) is 12.3 Å². The van der Waals surface area contributed by atoms with E-state index < -0.39 is 0 Å². The number of aromatic nitrogens is 1. The van der Waals surface area contributed by atoms with E-state index in [4.69, 9.17) is 5.73 Å². The summed E-state index contributed by atoms with van der Waals surface area (Å²) in [5, 5.41) is 2.99. The van der Waals surface area contributed by atoms with Crippen LogP contribution in [-0.2, 0) is 4.79 Å². The SMILES string of the molecule is Cc1cc(N)cnc1NC(=O)C1C2C3CCC(C3)C12. The maximum atomic E-state index is 12.4. The van der Waals surface area contributed by atoms with Crippen LogP contribution < -0.4 is 11.1 Å². The Hall–Kier alpha value is -1.58. The van der Waals surface area contributed by atoms with Gasteiger partial charge in [-0.1, -0.05) is 0 Å². The molecule has 1 aromatic rings. The second-order valence-corrected chi connectivity index (χ2v) is 6.44. The summed E-state index contributed by atoms with van der Waals surface area (Å²) in [6, 6.07) is 1.85. The molecule has 100 valence electrons. The average Bonchev–Trinajstić information content (AvgIpc) is 2.82. The highest BCUT2D eigenvalue weighted by Crippen LogP contribution is 2.69. The van der Waals surface area contributed by atoms with Crippen LogP contribution in [0.2, 0.25) is 0 Å². The fourth-order valence-electron chi connectivity index (χ4n) is 4.60. The van der Waals surface area contributed by atoms with E-state index in [9.17, 15) is 4.79 Å². The molecule has 1 aromatic heterocycles. The van der Waals surface area contributed by atoms with Crippen LogP contribution in [0.3, 0.4) is 0 Å². The molecule has 4 unspecified atom stereocenters. The Kier molecular flexibility index (Phi) is 2.20. The molecule has 4 atom stereocenters. The summed E-state index contributed by atoms with van der Waals surface area (Å²) >= 11 is 0. The van der Waals surface area contributed by atoms with Crippen molar-refractivity contribution in [1.82, 2.24) is 4.98 Å². The standard InChI is InChI=1S/C15H19N3O/c1-7-4-10(16)6-17-14(7)18-15(19)13-11-8-2-3-9(5-8)12(11)13/h4,6,8-9,11-13H,2-3,5,16H2,1H3,(H,17,18,19). The fourth-order valence-corrected chi connectivity index (χ4v) is 4.60. The molecule has 4 heteroatoms. The number of nitrogen functional groups attached to an aromatic ring is 1. The van der Waals surface area contributed by atoms with Gasteiger partial charge in [0, 0.05) is 5.92 Å². The lowest BCUT2D eigenvalue weighted by atomic mass is 10.0. The van der Waals surface area contributed by atoms with Gasteiger partial charge in [-0.3, -0.25) is 4.79 Å². The lowest BCUT2D eigenvalue weighted by molar-refractivity contribution is -0.118. The van der Waals surface area contributed by atoms with Crippen LogP contribution in [0.4, 0.5) is 11.5 Å². The van der Waals surface area contributed by atoms with Crippen molar-refractivity contribution in [2.45, 2.75) is 26.2 Å². The summed E-state index contributed by atoms with van der Waals surface area (Å²) in [5.41, 5.74) is 7.24. The molecule has 0 spiro atoms. The number of anilines is 2. The first-order chi connectivity index (χ1) is 9.15. The van der Waals surface area contributed by atoms with E-state index in [1.165, 1.54) is 19.3 Å². The molecule has 0 radical (unpaired) electrons. The highest BCUT2D eigenvalue weighted by Gasteiger charge is 2.67. The minimum absolute atomic E-state index is 0.173. The minimum atomic E-state index is 0.173. The summed E-state index contributed by atoms with van der Waals surface area (Å²) in [6.45, 7) is 1.93. The van der Waals surface area contributed by atoms with Crippen LogP contribution in [0.25, 0.3) is 0 Å². The van der Waals surface area contributed by atoms with E-state index >= 15 is 0 Å². The predicted octanol–water partition coefficient (Wildman–Crippen LogP) is 2.20. The first-order valence-corrected chi connectivity index (χ1v) is 7.18. The highest BCUT2D eigenvalue weighted by atomic mass is 16.2. The van der Waals surface area contributed by atoms with Crippen molar-refractivity contribution in [3.63, 3.8) is 0 Å². The normalized spacial score (nSPS) is 38.1. The van der Waals surface area contributed by atoms with Crippen LogP contribution >= 0.6 is 0 Å². The third kappa shape index (κ3) is 1.58. The van der Waals surface area contributed by atoms with Gasteiger partial charge in [0.05, 0.1) is 11.9 Å². The fraction of sp³-hybridized carbons (Fsp3) is 0.600. The number of nitrogens with zero attached hydrogens (tertiary/aromatic N) is 1. The highest BCUT2D eigenvalue weighted by molar-refractivity contribution is 5.95. The van der Waals surface area contributed by atoms with Crippen molar-refractivity contribution in [3.05, 3.63) is 17.8 Å². The number of aryl methyl sites for hydroxylation is 1. The van der Waals surface area contributed by atoms with E-state index in [1.54, 1.807) is 6.20 Å². The van der Waals surface area contributed by atoms with Crippen molar-refractivity contribution in [1.29, 1.82) is 0 Å². The summed E-state index contributed by atoms with van der Waals surface area (Å²) in [4.78, 5) is 16.6. The molecule has 4 rings (SSSR count). The largest absolute Gasteiger partial charge is 0.397 e. The Balaban J connectivity index is 1.48. The Labute approximate surface area is 112 Å². The molecule has 3 aliphatic rings. The first kappa shape index (κ1) is 11.3. The molecule has 0 aromatic carbocycles. The van der Waals surface area contributed by atoms with Crippen LogP contribution in [0, 0.1) is 36.5 Å². The van der Waals surface area contributed by atoms with E-state index in [0.717, 1.165) is 17.4 Å². The van der Waals surface area contributed by atoms with Gasteiger partial charge in [0.15, 0.2) is 0 Å². The smallest absolute Gasteiger partial charge is 0.229 e. The number of hydrogen-bond donors (Lipinski definition) is 2. The number of amides is 1. The summed E-state index contributed by atoms with van der Waals surface area (Å²) in [5.74, 6) is 4.09. The molecule has 3 N–H and O–H groups in total. The molecular weight excluding hydrogens is 238 g/mol. The number of fused-ring (bicyclic) bond motifs is 5. The molecule has 3 fully saturated rings. The lowest BCUT2D eigenvalue weighted by Crippen LogP contribution is -2.19. The zero-order valence-corrected chi connectivity index (χ0v) is 11.1. The molecule has 0 aliphatic heterocycles. The van der Waals surface area contributed by atoms with Gasteiger partial charge in [-0.05, 0) is 61.5 Å². The average molecular weight is 257 g/mol. The van der Waals surface area contributed by atoms with Crippen molar-refractivity contribution >= 4 is 17.4 Å². The Morgan fingerprint density at radius 1 is 1.37 bits per heavy atom. The number of carbonyl (C=O) groups excluding carboxylic acids is 1. The Morgan fingerprint density at radius 2 is 2.05 bits per heavy atom. The number of nitrogens with one attached hydrogen (secondary N) is 1. The molecule has 1 amide bonds. The summed E-state index contributed by atoms with van der Waals surface area (Å²) in [6.07, 6.45) is 5.65. The lowest BCUT2D eigenvalue weighted by Gasteiger charge is -2.11. The second kappa shape index (κ2) is 3.71. The van der Waals surface area contributed by atoms with E-state index in [0.29, 0.717) is 23.3 Å². The van der Waals surface area contributed by atoms with Crippen LogP contribution in [0.1, 0.15) is 24.8 Å². The van der Waals surface area contributed by atoms with Gasteiger partial charge >= 0.3 is 0 Å². The van der Waals surface area contributed by atoms with Crippen molar-refractivity contribution in [2.75, 3.05) is 11.1 Å². The third-order valence-corrected chi connectivity index (χ3v) is 5.38. The molecule has 2 bridgehead atoms. The Morgan fingerprint density at radius 3 is 2.68 bits per heavy atom. The first-order valence-electron chi connectivity index (χ1n) is 7.18. The second-order valence-electron chi connectivity index (χ2n) is 6.44. The third-order valence-electron chi connectivity index (χ3n) is 5.38. The quantitative estimate of drug-likeness (QED) is 0.853. The maximum absolute atomic E-state index is 12.4. The number of pyridine rings is 1. The van der Waals surface area contributed by atoms with E-state index in [2.05, 4.69) is 10.3 Å². The molecular formula is C15H19N3O. The number of nitrogens with two attached hydrogens (primary N) is 1. The van der Waals surface area contributed by atoms with Gasteiger partial charge in [-0.25, -0.2) is 4.98 Å². The molecule has 19 heavy (non-hydrogen) atoms. The monoisotopic (exact) mass is 257 g/mol. The Bertz CT molecular complexity index is 540. The number of rotatable bonds is 2. The minimum Gasteiger partial charge on any atom is -0.397 e.